The van der Waals surface area contributed by atoms with E-state index in [4.69, 9.17) is 11.6 Å². The number of anilines is 1. The van der Waals surface area contributed by atoms with Gasteiger partial charge in [0.05, 0.1) is 0 Å². The average Bonchev–Trinajstić information content (AvgIpc) is 2.51. The number of unbranched alkanes of at least 4 members (excludes halogenated alkanes) is 2. The SMILES string of the molecule is C=CCc1ccc(Cl)c(CC=C)c1N(CC=C)CCCCC. The van der Waals surface area contributed by atoms with Crippen molar-refractivity contribution >= 4 is 17.3 Å². The Labute approximate surface area is 141 Å². The van der Waals surface area contributed by atoms with Gasteiger partial charge >= 0.3 is 0 Å². The largest absolute Gasteiger partial charge is 0.367 e. The van der Waals surface area contributed by atoms with Crippen LogP contribution in [0.25, 0.3) is 0 Å². The van der Waals surface area contributed by atoms with E-state index in [9.17, 15) is 0 Å². The fourth-order valence-corrected chi connectivity index (χ4v) is 2.95. The van der Waals surface area contributed by atoms with Crippen LogP contribution in [0.15, 0.2) is 50.1 Å². The van der Waals surface area contributed by atoms with Crippen molar-refractivity contribution in [2.24, 2.45) is 0 Å². The van der Waals surface area contributed by atoms with Crippen LogP contribution in [-0.4, -0.2) is 13.1 Å². The Morgan fingerprint density at radius 1 is 1.05 bits per heavy atom. The highest BCUT2D eigenvalue weighted by Gasteiger charge is 2.16. The molecular formula is C20H28ClN. The highest BCUT2D eigenvalue weighted by Crippen LogP contribution is 2.33. The zero-order chi connectivity index (χ0) is 16.4. The summed E-state index contributed by atoms with van der Waals surface area (Å²) in [4.78, 5) is 2.40. The molecule has 22 heavy (non-hydrogen) atoms. The fraction of sp³-hybridized carbons (Fsp3) is 0.400. The van der Waals surface area contributed by atoms with Crippen LogP contribution in [0.3, 0.4) is 0 Å². The third kappa shape index (κ3) is 5.06. The molecule has 1 nitrogen and oxygen atoms in total. The summed E-state index contributed by atoms with van der Waals surface area (Å²) in [6, 6.07) is 4.10. The molecule has 1 aromatic rings. The molecule has 0 bridgehead atoms. The van der Waals surface area contributed by atoms with E-state index in [0.29, 0.717) is 0 Å². The van der Waals surface area contributed by atoms with Crippen LogP contribution in [0.4, 0.5) is 5.69 Å². The molecule has 0 spiro atoms. The lowest BCUT2D eigenvalue weighted by Crippen LogP contribution is -2.27. The van der Waals surface area contributed by atoms with Crippen LogP contribution in [0.5, 0.6) is 0 Å². The molecule has 0 unspecified atom stereocenters. The molecule has 0 aliphatic carbocycles. The van der Waals surface area contributed by atoms with Crippen molar-refractivity contribution < 1.29 is 0 Å². The summed E-state index contributed by atoms with van der Waals surface area (Å²) >= 11 is 6.46. The van der Waals surface area contributed by atoms with Gasteiger partial charge in [0, 0.05) is 23.8 Å². The first-order valence-corrected chi connectivity index (χ1v) is 8.45. The minimum Gasteiger partial charge on any atom is -0.367 e. The van der Waals surface area contributed by atoms with Gasteiger partial charge < -0.3 is 4.90 Å². The van der Waals surface area contributed by atoms with Gasteiger partial charge in [0.25, 0.3) is 0 Å². The molecule has 1 aromatic carbocycles. The molecule has 0 atom stereocenters. The van der Waals surface area contributed by atoms with Gasteiger partial charge in [-0.15, -0.1) is 19.7 Å². The van der Waals surface area contributed by atoms with Gasteiger partial charge in [-0.05, 0) is 36.5 Å². The molecule has 0 saturated carbocycles. The van der Waals surface area contributed by atoms with Crippen LogP contribution < -0.4 is 4.90 Å². The quantitative estimate of drug-likeness (QED) is 0.358. The third-order valence-corrected chi connectivity index (χ3v) is 4.07. The Balaban J connectivity index is 3.27. The lowest BCUT2D eigenvalue weighted by Gasteiger charge is -2.29. The zero-order valence-electron chi connectivity index (χ0n) is 13.8. The summed E-state index contributed by atoms with van der Waals surface area (Å²) < 4.78 is 0. The minimum atomic E-state index is 0.778. The second kappa shape index (κ2) is 10.3. The molecule has 2 heteroatoms. The summed E-state index contributed by atoms with van der Waals surface area (Å²) in [7, 11) is 0. The maximum absolute atomic E-state index is 6.46. The lowest BCUT2D eigenvalue weighted by molar-refractivity contribution is 0.691. The number of nitrogens with zero attached hydrogens (tertiary/aromatic N) is 1. The molecule has 0 aromatic heterocycles. The molecule has 1 rings (SSSR count). The summed E-state index contributed by atoms with van der Waals surface area (Å²) in [5.74, 6) is 0. The predicted molar refractivity (Wildman–Crippen MR) is 101 cm³/mol. The molecule has 0 heterocycles. The van der Waals surface area contributed by atoms with Crippen LogP contribution in [0.1, 0.15) is 37.3 Å². The van der Waals surface area contributed by atoms with E-state index in [2.05, 4.69) is 37.6 Å². The zero-order valence-corrected chi connectivity index (χ0v) is 14.5. The van der Waals surface area contributed by atoms with E-state index in [1.165, 1.54) is 30.5 Å². The van der Waals surface area contributed by atoms with Gasteiger partial charge in [-0.1, -0.05) is 55.7 Å². The Kier molecular flexibility index (Phi) is 8.69. The molecule has 0 N–H and O–H groups in total. The number of allylic oxidation sites excluding steroid dienone is 2. The second-order valence-corrected chi connectivity index (χ2v) is 5.87. The van der Waals surface area contributed by atoms with Crippen molar-refractivity contribution in [2.75, 3.05) is 18.0 Å². The third-order valence-electron chi connectivity index (χ3n) is 3.72. The smallest absolute Gasteiger partial charge is 0.0462 e. The van der Waals surface area contributed by atoms with Crippen molar-refractivity contribution in [3.63, 3.8) is 0 Å². The first kappa shape index (κ1) is 18.6. The molecule has 0 radical (unpaired) electrons. The van der Waals surface area contributed by atoms with Crippen LogP contribution in [0.2, 0.25) is 5.02 Å². The van der Waals surface area contributed by atoms with Crippen molar-refractivity contribution in [3.8, 4) is 0 Å². The number of hydrogen-bond acceptors (Lipinski definition) is 1. The highest BCUT2D eigenvalue weighted by molar-refractivity contribution is 6.31. The number of rotatable bonds is 11. The van der Waals surface area contributed by atoms with Gasteiger partial charge in [-0.25, -0.2) is 0 Å². The molecule has 0 amide bonds. The topological polar surface area (TPSA) is 3.24 Å². The Morgan fingerprint density at radius 3 is 2.36 bits per heavy atom. The Hall–Kier alpha value is -1.47. The molecule has 0 fully saturated rings. The van der Waals surface area contributed by atoms with E-state index in [-0.39, 0.29) is 0 Å². The van der Waals surface area contributed by atoms with Gasteiger partial charge in [0.2, 0.25) is 0 Å². The van der Waals surface area contributed by atoms with Crippen molar-refractivity contribution in [3.05, 3.63) is 66.2 Å². The van der Waals surface area contributed by atoms with Crippen LogP contribution in [0, 0.1) is 0 Å². The standard InChI is InChI=1S/C20H28ClN/c1-5-9-10-16-22(15-8-4)20-17(11-6-2)13-14-19(21)18(20)12-7-3/h6-8,13-14H,2-5,9-12,15-16H2,1H3. The lowest BCUT2D eigenvalue weighted by atomic mass is 10.00. The van der Waals surface area contributed by atoms with E-state index in [0.717, 1.165) is 36.5 Å². The normalized spacial score (nSPS) is 10.3. The summed E-state index contributed by atoms with van der Waals surface area (Å²) in [5, 5.41) is 0.812. The molecular weight excluding hydrogens is 290 g/mol. The van der Waals surface area contributed by atoms with Gasteiger partial charge in [0.15, 0.2) is 0 Å². The summed E-state index contributed by atoms with van der Waals surface area (Å²) in [6.45, 7) is 15.8. The highest BCUT2D eigenvalue weighted by atomic mass is 35.5. The Bertz CT molecular complexity index is 505. The molecule has 0 aliphatic heterocycles. The van der Waals surface area contributed by atoms with Crippen LogP contribution >= 0.6 is 11.6 Å². The number of benzene rings is 1. The number of halogens is 1. The summed E-state index contributed by atoms with van der Waals surface area (Å²) in [5.41, 5.74) is 3.67. The van der Waals surface area contributed by atoms with Crippen molar-refractivity contribution in [1.29, 1.82) is 0 Å². The molecule has 0 aliphatic rings. The Morgan fingerprint density at radius 2 is 1.77 bits per heavy atom. The fourth-order valence-electron chi connectivity index (χ4n) is 2.72. The maximum atomic E-state index is 6.46. The number of hydrogen-bond donors (Lipinski definition) is 0. The second-order valence-electron chi connectivity index (χ2n) is 5.46. The minimum absolute atomic E-state index is 0.778. The van der Waals surface area contributed by atoms with Gasteiger partial charge in [-0.2, -0.15) is 0 Å². The molecule has 120 valence electrons. The maximum Gasteiger partial charge on any atom is 0.0462 e. The van der Waals surface area contributed by atoms with E-state index in [1.807, 2.05) is 24.3 Å². The van der Waals surface area contributed by atoms with Gasteiger partial charge in [0.1, 0.15) is 0 Å². The van der Waals surface area contributed by atoms with Crippen molar-refractivity contribution in [2.45, 2.75) is 39.0 Å². The monoisotopic (exact) mass is 317 g/mol. The predicted octanol–water partition coefficient (Wildman–Crippen LogP) is 5.98. The van der Waals surface area contributed by atoms with E-state index >= 15 is 0 Å². The van der Waals surface area contributed by atoms with E-state index < -0.39 is 0 Å². The van der Waals surface area contributed by atoms with Crippen LogP contribution in [-0.2, 0) is 12.8 Å². The first-order chi connectivity index (χ1) is 10.7. The summed E-state index contributed by atoms with van der Waals surface area (Å²) in [6.07, 6.45) is 11.1. The molecule has 0 saturated heterocycles. The average molecular weight is 318 g/mol. The first-order valence-electron chi connectivity index (χ1n) is 8.07. The van der Waals surface area contributed by atoms with E-state index in [1.54, 1.807) is 0 Å². The van der Waals surface area contributed by atoms with Gasteiger partial charge in [-0.3, -0.25) is 0 Å². The van der Waals surface area contributed by atoms with Crippen molar-refractivity contribution in [1.82, 2.24) is 0 Å².